The molecule has 3 heteroatoms. The first kappa shape index (κ1) is 18.1. The van der Waals surface area contributed by atoms with E-state index in [4.69, 9.17) is 21.1 Å². The fourth-order valence-corrected chi connectivity index (χ4v) is 2.29. The quantitative estimate of drug-likeness (QED) is 0.549. The first-order chi connectivity index (χ1) is 9.93. The van der Waals surface area contributed by atoms with E-state index in [-0.39, 0.29) is 5.60 Å². The Morgan fingerprint density at radius 3 is 2.52 bits per heavy atom. The Morgan fingerprint density at radius 2 is 1.90 bits per heavy atom. The molecule has 0 radical (unpaired) electrons. The molecule has 1 aromatic rings. The van der Waals surface area contributed by atoms with Crippen LogP contribution < -0.4 is 4.74 Å². The van der Waals surface area contributed by atoms with E-state index in [0.717, 1.165) is 36.6 Å². The SMILES string of the molecule is CCOC(C)(C)CCCC(C)=CCOc1ccc(Cl)cc1. The van der Waals surface area contributed by atoms with Crippen LogP contribution in [0.15, 0.2) is 35.9 Å². The van der Waals surface area contributed by atoms with Crippen molar-refractivity contribution in [3.05, 3.63) is 40.9 Å². The highest BCUT2D eigenvalue weighted by Crippen LogP contribution is 2.20. The molecule has 0 N–H and O–H groups in total. The molecule has 0 aliphatic carbocycles. The van der Waals surface area contributed by atoms with Gasteiger partial charge in [0.05, 0.1) is 5.60 Å². The summed E-state index contributed by atoms with van der Waals surface area (Å²) in [6, 6.07) is 7.44. The zero-order valence-corrected chi connectivity index (χ0v) is 14.4. The van der Waals surface area contributed by atoms with Crippen molar-refractivity contribution in [3.63, 3.8) is 0 Å². The molecule has 0 aliphatic heterocycles. The molecule has 0 heterocycles. The minimum atomic E-state index is -0.0190. The maximum atomic E-state index is 5.83. The Kier molecular flexibility index (Phi) is 7.84. The van der Waals surface area contributed by atoms with Gasteiger partial charge < -0.3 is 9.47 Å². The summed E-state index contributed by atoms with van der Waals surface area (Å²) in [6.45, 7) is 9.87. The van der Waals surface area contributed by atoms with Gasteiger partial charge in [0.2, 0.25) is 0 Å². The molecule has 1 aromatic carbocycles. The summed E-state index contributed by atoms with van der Waals surface area (Å²) >= 11 is 5.83. The van der Waals surface area contributed by atoms with Crippen LogP contribution >= 0.6 is 11.6 Å². The first-order valence-corrected chi connectivity index (χ1v) is 7.99. The average molecular weight is 311 g/mol. The highest BCUT2D eigenvalue weighted by Gasteiger charge is 2.16. The normalized spacial score (nSPS) is 12.5. The Bertz CT molecular complexity index is 435. The van der Waals surface area contributed by atoms with Gasteiger partial charge in [-0.2, -0.15) is 0 Å². The molecule has 0 amide bonds. The fourth-order valence-electron chi connectivity index (χ4n) is 2.17. The van der Waals surface area contributed by atoms with Crippen LogP contribution in [-0.4, -0.2) is 18.8 Å². The number of hydrogen-bond acceptors (Lipinski definition) is 2. The van der Waals surface area contributed by atoms with Gasteiger partial charge in [0, 0.05) is 11.6 Å². The lowest BCUT2D eigenvalue weighted by molar-refractivity contribution is -0.0173. The van der Waals surface area contributed by atoms with Crippen LogP contribution in [0.3, 0.4) is 0 Å². The van der Waals surface area contributed by atoms with E-state index in [0.29, 0.717) is 6.61 Å². The predicted molar refractivity (Wildman–Crippen MR) is 90.3 cm³/mol. The zero-order chi connectivity index (χ0) is 15.7. The number of halogens is 1. The zero-order valence-electron chi connectivity index (χ0n) is 13.6. The second kappa shape index (κ2) is 9.11. The van der Waals surface area contributed by atoms with Crippen molar-refractivity contribution in [1.29, 1.82) is 0 Å². The number of ether oxygens (including phenoxy) is 2. The van der Waals surface area contributed by atoms with Gasteiger partial charge in [-0.1, -0.05) is 17.2 Å². The van der Waals surface area contributed by atoms with Crippen LogP contribution in [0.25, 0.3) is 0 Å². The Balaban J connectivity index is 2.25. The largest absolute Gasteiger partial charge is 0.490 e. The highest BCUT2D eigenvalue weighted by atomic mass is 35.5. The van der Waals surface area contributed by atoms with E-state index in [1.807, 2.05) is 31.2 Å². The van der Waals surface area contributed by atoms with E-state index in [9.17, 15) is 0 Å². The lowest BCUT2D eigenvalue weighted by Gasteiger charge is -2.24. The summed E-state index contributed by atoms with van der Waals surface area (Å²) in [7, 11) is 0. The van der Waals surface area contributed by atoms with E-state index in [1.165, 1.54) is 5.57 Å². The lowest BCUT2D eigenvalue weighted by atomic mass is 9.99. The van der Waals surface area contributed by atoms with E-state index < -0.39 is 0 Å². The second-order valence-electron chi connectivity index (χ2n) is 5.86. The molecule has 21 heavy (non-hydrogen) atoms. The molecule has 1 rings (SSSR count). The Hall–Kier alpha value is -0.990. The molecule has 0 saturated heterocycles. The van der Waals surface area contributed by atoms with Crippen LogP contribution in [0.5, 0.6) is 5.75 Å². The maximum Gasteiger partial charge on any atom is 0.119 e. The molecule has 0 spiro atoms. The third-order valence-corrected chi connectivity index (χ3v) is 3.63. The first-order valence-electron chi connectivity index (χ1n) is 7.61. The molecule has 0 aromatic heterocycles. The van der Waals surface area contributed by atoms with Crippen LogP contribution in [0.4, 0.5) is 0 Å². The minimum absolute atomic E-state index is 0.0190. The van der Waals surface area contributed by atoms with Gasteiger partial charge in [-0.3, -0.25) is 0 Å². The number of benzene rings is 1. The number of allylic oxidation sites excluding steroid dienone is 1. The smallest absolute Gasteiger partial charge is 0.119 e. The van der Waals surface area contributed by atoms with Gasteiger partial charge in [0.15, 0.2) is 0 Å². The molecule has 0 unspecified atom stereocenters. The molecule has 0 bridgehead atoms. The molecule has 118 valence electrons. The van der Waals surface area contributed by atoms with Crippen LogP contribution in [0.1, 0.15) is 47.0 Å². The average Bonchev–Trinajstić information content (AvgIpc) is 2.40. The summed E-state index contributed by atoms with van der Waals surface area (Å²) in [6.07, 6.45) is 5.43. The van der Waals surface area contributed by atoms with Crippen molar-refractivity contribution in [2.75, 3.05) is 13.2 Å². The van der Waals surface area contributed by atoms with Gasteiger partial charge in [0.25, 0.3) is 0 Å². The van der Waals surface area contributed by atoms with Gasteiger partial charge in [-0.25, -0.2) is 0 Å². The molecule has 0 fully saturated rings. The molecule has 2 nitrogen and oxygen atoms in total. The minimum Gasteiger partial charge on any atom is -0.490 e. The van der Waals surface area contributed by atoms with Crippen molar-refractivity contribution < 1.29 is 9.47 Å². The standard InChI is InChI=1S/C18H27ClO2/c1-5-21-18(3,4)13-6-7-15(2)12-14-20-17-10-8-16(19)9-11-17/h8-12H,5-7,13-14H2,1-4H3. The van der Waals surface area contributed by atoms with Crippen molar-refractivity contribution in [3.8, 4) is 5.75 Å². The molecule has 0 aliphatic rings. The summed E-state index contributed by atoms with van der Waals surface area (Å²) in [4.78, 5) is 0. The Morgan fingerprint density at radius 1 is 1.24 bits per heavy atom. The van der Waals surface area contributed by atoms with E-state index in [2.05, 4.69) is 26.8 Å². The topological polar surface area (TPSA) is 18.5 Å². The molecular formula is C18H27ClO2. The third kappa shape index (κ3) is 8.13. The van der Waals surface area contributed by atoms with Gasteiger partial charge >= 0.3 is 0 Å². The summed E-state index contributed by atoms with van der Waals surface area (Å²) in [5.74, 6) is 0.848. The van der Waals surface area contributed by atoms with Crippen molar-refractivity contribution >= 4 is 11.6 Å². The maximum absolute atomic E-state index is 5.83. The van der Waals surface area contributed by atoms with Crippen molar-refractivity contribution in [2.45, 2.75) is 52.6 Å². The van der Waals surface area contributed by atoms with Gasteiger partial charge in [-0.05, 0) is 77.3 Å². The summed E-state index contributed by atoms with van der Waals surface area (Å²) in [5, 5.41) is 0.728. The van der Waals surface area contributed by atoms with E-state index in [1.54, 1.807) is 0 Å². The van der Waals surface area contributed by atoms with Crippen LogP contribution in [0, 0.1) is 0 Å². The monoisotopic (exact) mass is 310 g/mol. The van der Waals surface area contributed by atoms with Crippen LogP contribution in [-0.2, 0) is 4.74 Å². The molecular weight excluding hydrogens is 284 g/mol. The fraction of sp³-hybridized carbons (Fsp3) is 0.556. The molecule has 0 atom stereocenters. The summed E-state index contributed by atoms with van der Waals surface area (Å²) < 4.78 is 11.4. The lowest BCUT2D eigenvalue weighted by Crippen LogP contribution is -2.24. The highest BCUT2D eigenvalue weighted by molar-refractivity contribution is 6.30. The Labute approximate surface area is 134 Å². The van der Waals surface area contributed by atoms with Crippen molar-refractivity contribution in [2.24, 2.45) is 0 Å². The van der Waals surface area contributed by atoms with Crippen molar-refractivity contribution in [1.82, 2.24) is 0 Å². The van der Waals surface area contributed by atoms with Crippen LogP contribution in [0.2, 0.25) is 5.02 Å². The number of hydrogen-bond donors (Lipinski definition) is 0. The van der Waals surface area contributed by atoms with Gasteiger partial charge in [0.1, 0.15) is 12.4 Å². The second-order valence-corrected chi connectivity index (χ2v) is 6.30. The summed E-state index contributed by atoms with van der Waals surface area (Å²) in [5.41, 5.74) is 1.34. The van der Waals surface area contributed by atoms with Gasteiger partial charge in [-0.15, -0.1) is 0 Å². The molecule has 0 saturated carbocycles. The number of rotatable bonds is 9. The predicted octanol–water partition coefficient (Wildman–Crippen LogP) is 5.65. The van der Waals surface area contributed by atoms with E-state index >= 15 is 0 Å². The third-order valence-electron chi connectivity index (χ3n) is 3.38.